The third kappa shape index (κ3) is 1.31. The van der Waals surface area contributed by atoms with Crippen molar-refractivity contribution in [3.05, 3.63) is 0 Å². The second-order valence-corrected chi connectivity index (χ2v) is 4.08. The molecule has 58 valence electrons. The Morgan fingerprint density at radius 3 is 3.40 bits per heavy atom. The standard InChI is InChI=1S/C7H13NOS/c1-2-10-5-6-3-9-4-7(6)8-1/h6-8H,1-5H2. The van der Waals surface area contributed by atoms with Crippen LogP contribution in [-0.2, 0) is 4.74 Å². The van der Waals surface area contributed by atoms with Gasteiger partial charge in [0.15, 0.2) is 0 Å². The first kappa shape index (κ1) is 6.95. The highest BCUT2D eigenvalue weighted by molar-refractivity contribution is 7.99. The minimum absolute atomic E-state index is 0.662. The summed E-state index contributed by atoms with van der Waals surface area (Å²) in [5.74, 6) is 3.34. The van der Waals surface area contributed by atoms with Gasteiger partial charge in [0.1, 0.15) is 0 Å². The van der Waals surface area contributed by atoms with Crippen LogP contribution in [0.4, 0.5) is 0 Å². The first-order valence-electron chi connectivity index (χ1n) is 3.86. The Morgan fingerprint density at radius 1 is 1.40 bits per heavy atom. The fraction of sp³-hybridized carbons (Fsp3) is 1.00. The first-order valence-corrected chi connectivity index (χ1v) is 5.01. The minimum Gasteiger partial charge on any atom is -0.379 e. The molecular formula is C7H13NOS. The number of hydrogen-bond acceptors (Lipinski definition) is 3. The molecule has 2 fully saturated rings. The van der Waals surface area contributed by atoms with E-state index in [-0.39, 0.29) is 0 Å². The molecule has 0 aromatic heterocycles. The predicted molar refractivity (Wildman–Crippen MR) is 43.4 cm³/mol. The van der Waals surface area contributed by atoms with Gasteiger partial charge in [0, 0.05) is 24.3 Å². The maximum atomic E-state index is 5.37. The molecule has 2 heterocycles. The lowest BCUT2D eigenvalue weighted by molar-refractivity contribution is 0.184. The van der Waals surface area contributed by atoms with Gasteiger partial charge in [-0.25, -0.2) is 0 Å². The van der Waals surface area contributed by atoms with Gasteiger partial charge in [-0.2, -0.15) is 11.8 Å². The molecule has 0 aromatic rings. The van der Waals surface area contributed by atoms with Crippen LogP contribution in [-0.4, -0.2) is 37.3 Å². The van der Waals surface area contributed by atoms with E-state index in [2.05, 4.69) is 5.32 Å². The van der Waals surface area contributed by atoms with E-state index in [0.717, 1.165) is 25.7 Å². The van der Waals surface area contributed by atoms with Crippen LogP contribution in [0.1, 0.15) is 0 Å². The van der Waals surface area contributed by atoms with Crippen LogP contribution in [0, 0.1) is 5.92 Å². The summed E-state index contributed by atoms with van der Waals surface area (Å²) >= 11 is 2.05. The normalized spacial score (nSPS) is 40.8. The third-order valence-electron chi connectivity index (χ3n) is 2.18. The van der Waals surface area contributed by atoms with E-state index >= 15 is 0 Å². The molecule has 0 bridgehead atoms. The number of thioether (sulfide) groups is 1. The molecule has 0 saturated carbocycles. The number of hydrogen-bond donors (Lipinski definition) is 1. The molecule has 0 radical (unpaired) electrons. The van der Waals surface area contributed by atoms with E-state index in [0.29, 0.717) is 6.04 Å². The van der Waals surface area contributed by atoms with Crippen LogP contribution in [0.3, 0.4) is 0 Å². The predicted octanol–water partition coefficient (Wildman–Crippen LogP) is 0.338. The van der Waals surface area contributed by atoms with Gasteiger partial charge in [0.05, 0.1) is 13.2 Å². The largest absolute Gasteiger partial charge is 0.379 e. The summed E-state index contributed by atoms with van der Waals surface area (Å²) in [5, 5.41) is 3.50. The van der Waals surface area contributed by atoms with Crippen LogP contribution in [0.2, 0.25) is 0 Å². The Labute approximate surface area is 65.7 Å². The van der Waals surface area contributed by atoms with Gasteiger partial charge in [-0.3, -0.25) is 0 Å². The molecule has 0 aromatic carbocycles. The zero-order chi connectivity index (χ0) is 6.81. The number of rotatable bonds is 0. The maximum Gasteiger partial charge on any atom is 0.0623 e. The molecule has 10 heavy (non-hydrogen) atoms. The van der Waals surface area contributed by atoms with Crippen molar-refractivity contribution in [1.82, 2.24) is 5.32 Å². The summed E-state index contributed by atoms with van der Waals surface area (Å²) in [6.45, 7) is 3.07. The highest BCUT2D eigenvalue weighted by atomic mass is 32.2. The van der Waals surface area contributed by atoms with E-state index in [1.54, 1.807) is 0 Å². The molecule has 1 N–H and O–H groups in total. The van der Waals surface area contributed by atoms with Crippen molar-refractivity contribution in [3.8, 4) is 0 Å². The van der Waals surface area contributed by atoms with E-state index in [4.69, 9.17) is 4.74 Å². The van der Waals surface area contributed by atoms with E-state index in [9.17, 15) is 0 Å². The number of fused-ring (bicyclic) bond motifs is 1. The Balaban J connectivity index is 1.95. The van der Waals surface area contributed by atoms with E-state index in [1.807, 2.05) is 11.8 Å². The molecule has 0 amide bonds. The molecule has 2 atom stereocenters. The van der Waals surface area contributed by atoms with E-state index < -0.39 is 0 Å². The van der Waals surface area contributed by atoms with Gasteiger partial charge in [-0.1, -0.05) is 0 Å². The highest BCUT2D eigenvalue weighted by Crippen LogP contribution is 2.21. The molecule has 2 aliphatic rings. The van der Waals surface area contributed by atoms with Crippen molar-refractivity contribution >= 4 is 11.8 Å². The molecule has 0 aliphatic carbocycles. The van der Waals surface area contributed by atoms with Crippen LogP contribution >= 0.6 is 11.8 Å². The van der Waals surface area contributed by atoms with Crippen LogP contribution in [0.25, 0.3) is 0 Å². The summed E-state index contributed by atoms with van der Waals surface area (Å²) in [5.41, 5.74) is 0. The Morgan fingerprint density at radius 2 is 2.40 bits per heavy atom. The number of ether oxygens (including phenoxy) is 1. The first-order chi connectivity index (χ1) is 4.97. The van der Waals surface area contributed by atoms with Crippen molar-refractivity contribution in [2.24, 2.45) is 5.92 Å². The van der Waals surface area contributed by atoms with Gasteiger partial charge in [-0.05, 0) is 5.75 Å². The van der Waals surface area contributed by atoms with Gasteiger partial charge in [-0.15, -0.1) is 0 Å². The highest BCUT2D eigenvalue weighted by Gasteiger charge is 2.28. The second kappa shape index (κ2) is 3.11. The Bertz CT molecular complexity index is 108. The summed E-state index contributed by atoms with van der Waals surface area (Å²) in [7, 11) is 0. The van der Waals surface area contributed by atoms with Crippen LogP contribution in [0.5, 0.6) is 0 Å². The summed E-state index contributed by atoms with van der Waals surface area (Å²) < 4.78 is 5.37. The third-order valence-corrected chi connectivity index (χ3v) is 3.34. The summed E-state index contributed by atoms with van der Waals surface area (Å²) in [4.78, 5) is 0. The maximum absolute atomic E-state index is 5.37. The van der Waals surface area contributed by atoms with Gasteiger partial charge < -0.3 is 10.1 Å². The summed E-state index contributed by atoms with van der Waals surface area (Å²) in [6.07, 6.45) is 0. The van der Waals surface area contributed by atoms with Gasteiger partial charge >= 0.3 is 0 Å². The Hall–Kier alpha value is 0.270. The molecule has 2 saturated heterocycles. The van der Waals surface area contributed by atoms with Crippen molar-refractivity contribution in [1.29, 1.82) is 0 Å². The smallest absolute Gasteiger partial charge is 0.0623 e. The molecule has 3 heteroatoms. The van der Waals surface area contributed by atoms with Crippen molar-refractivity contribution in [3.63, 3.8) is 0 Å². The average Bonchev–Trinajstić information content (AvgIpc) is 2.28. The second-order valence-electron chi connectivity index (χ2n) is 2.93. The molecule has 2 aliphatic heterocycles. The Kier molecular flexibility index (Phi) is 2.16. The molecule has 2 rings (SSSR count). The van der Waals surface area contributed by atoms with Crippen molar-refractivity contribution in [2.75, 3.05) is 31.3 Å². The van der Waals surface area contributed by atoms with Crippen molar-refractivity contribution < 1.29 is 4.74 Å². The monoisotopic (exact) mass is 159 g/mol. The van der Waals surface area contributed by atoms with Crippen molar-refractivity contribution in [2.45, 2.75) is 6.04 Å². The molecule has 0 spiro atoms. The lowest BCUT2D eigenvalue weighted by atomic mass is 10.1. The summed E-state index contributed by atoms with van der Waals surface area (Å²) in [6, 6.07) is 0.662. The quantitative estimate of drug-likeness (QED) is 0.550. The average molecular weight is 159 g/mol. The fourth-order valence-corrected chi connectivity index (χ4v) is 2.60. The van der Waals surface area contributed by atoms with Gasteiger partial charge in [0.25, 0.3) is 0 Å². The van der Waals surface area contributed by atoms with Crippen LogP contribution < -0.4 is 5.32 Å². The topological polar surface area (TPSA) is 21.3 Å². The fourth-order valence-electron chi connectivity index (χ4n) is 1.54. The molecule has 2 nitrogen and oxygen atoms in total. The molecule has 2 unspecified atom stereocenters. The number of nitrogens with one attached hydrogen (secondary N) is 1. The lowest BCUT2D eigenvalue weighted by Crippen LogP contribution is -2.35. The molecular weight excluding hydrogens is 146 g/mol. The van der Waals surface area contributed by atoms with Crippen LogP contribution in [0.15, 0.2) is 0 Å². The lowest BCUT2D eigenvalue weighted by Gasteiger charge is -2.12. The zero-order valence-electron chi connectivity index (χ0n) is 6.01. The zero-order valence-corrected chi connectivity index (χ0v) is 6.82. The SMILES string of the molecule is C1CSCC2COCC2N1. The van der Waals surface area contributed by atoms with E-state index in [1.165, 1.54) is 11.5 Å². The van der Waals surface area contributed by atoms with Gasteiger partial charge in [0.2, 0.25) is 0 Å². The minimum atomic E-state index is 0.662.